The number of nitrogens with two attached hydrogens (primary N) is 1. The fraction of sp³-hybridized carbons (Fsp3) is 0.296. The van der Waals surface area contributed by atoms with Crippen molar-refractivity contribution in [1.82, 2.24) is 19.8 Å². The number of amides is 1. The number of benzene rings is 2. The van der Waals surface area contributed by atoms with Crippen LogP contribution in [0.15, 0.2) is 73.1 Å². The third-order valence-corrected chi connectivity index (χ3v) is 5.73. The van der Waals surface area contributed by atoms with E-state index < -0.39 is 0 Å². The minimum absolute atomic E-state index is 0.0371. The Labute approximate surface area is 206 Å². The molecular formula is C27H31N5O3. The molecule has 0 spiro atoms. The van der Waals surface area contributed by atoms with E-state index in [1.54, 1.807) is 6.08 Å². The number of para-hydroxylation sites is 1. The van der Waals surface area contributed by atoms with Crippen LogP contribution in [0.25, 0.3) is 11.1 Å². The number of likely N-dealkylation sites (tertiary alicyclic amines) is 1. The second-order valence-electron chi connectivity index (χ2n) is 8.69. The number of nitrogens with zero attached hydrogens (tertiary/aromatic N) is 4. The fourth-order valence-corrected chi connectivity index (χ4v) is 3.88. The molecule has 35 heavy (non-hydrogen) atoms. The van der Waals surface area contributed by atoms with Gasteiger partial charge in [0.1, 0.15) is 29.7 Å². The van der Waals surface area contributed by atoms with Gasteiger partial charge in [-0.2, -0.15) is 0 Å². The maximum absolute atomic E-state index is 12.4. The van der Waals surface area contributed by atoms with Gasteiger partial charge in [-0.05, 0) is 43.9 Å². The molecule has 1 aliphatic heterocycles. The molecule has 8 heteroatoms. The summed E-state index contributed by atoms with van der Waals surface area (Å²) in [5.41, 5.74) is 7.72. The Morgan fingerprint density at radius 1 is 1.06 bits per heavy atom. The number of nitrogen functional groups attached to an aromatic ring is 1. The van der Waals surface area contributed by atoms with Gasteiger partial charge in [-0.3, -0.25) is 4.79 Å². The first-order valence-electron chi connectivity index (χ1n) is 11.7. The van der Waals surface area contributed by atoms with Crippen LogP contribution in [0, 0.1) is 0 Å². The van der Waals surface area contributed by atoms with Crippen LogP contribution in [0.5, 0.6) is 17.4 Å². The lowest BCUT2D eigenvalue weighted by Crippen LogP contribution is -2.41. The van der Waals surface area contributed by atoms with E-state index in [1.165, 1.54) is 6.33 Å². The number of likely N-dealkylation sites (N-methyl/N-ethyl adjacent to an activating group) is 1. The van der Waals surface area contributed by atoms with Crippen molar-refractivity contribution in [2.45, 2.75) is 18.9 Å². The first-order valence-corrected chi connectivity index (χ1v) is 11.7. The van der Waals surface area contributed by atoms with Crippen molar-refractivity contribution < 1.29 is 14.3 Å². The molecule has 3 aromatic rings. The van der Waals surface area contributed by atoms with E-state index in [0.29, 0.717) is 30.4 Å². The molecule has 1 aliphatic rings. The van der Waals surface area contributed by atoms with Gasteiger partial charge in [-0.15, -0.1) is 0 Å². The summed E-state index contributed by atoms with van der Waals surface area (Å²) >= 11 is 0. The molecule has 0 bridgehead atoms. The van der Waals surface area contributed by atoms with Crippen LogP contribution in [-0.4, -0.2) is 65.5 Å². The predicted octanol–water partition coefficient (Wildman–Crippen LogP) is 4.01. The lowest BCUT2D eigenvalue weighted by molar-refractivity contribution is -0.127. The van der Waals surface area contributed by atoms with Crippen molar-refractivity contribution in [2.75, 3.05) is 39.5 Å². The molecule has 8 nitrogen and oxygen atoms in total. The third-order valence-electron chi connectivity index (χ3n) is 5.73. The molecule has 1 saturated heterocycles. The Morgan fingerprint density at radius 3 is 2.43 bits per heavy atom. The summed E-state index contributed by atoms with van der Waals surface area (Å²) < 4.78 is 12.1. The van der Waals surface area contributed by atoms with Crippen LogP contribution in [0.2, 0.25) is 0 Å². The second-order valence-corrected chi connectivity index (χ2v) is 8.69. The minimum Gasteiger partial charge on any atom is -0.474 e. The first-order chi connectivity index (χ1) is 17.0. The van der Waals surface area contributed by atoms with Gasteiger partial charge in [0, 0.05) is 38.6 Å². The molecule has 1 aromatic heterocycles. The van der Waals surface area contributed by atoms with Gasteiger partial charge in [0.05, 0.1) is 5.56 Å². The molecule has 1 amide bonds. The summed E-state index contributed by atoms with van der Waals surface area (Å²) in [4.78, 5) is 24.8. The molecular weight excluding hydrogens is 442 g/mol. The Bertz CT molecular complexity index is 1140. The fourth-order valence-electron chi connectivity index (χ4n) is 3.88. The van der Waals surface area contributed by atoms with E-state index in [1.807, 2.05) is 84.6 Å². The Balaban J connectivity index is 1.40. The maximum Gasteiger partial charge on any atom is 0.246 e. The lowest BCUT2D eigenvalue weighted by atomic mass is 10.1. The number of anilines is 1. The quantitative estimate of drug-likeness (QED) is 0.494. The molecule has 182 valence electrons. The first kappa shape index (κ1) is 24.2. The van der Waals surface area contributed by atoms with E-state index in [-0.39, 0.29) is 12.0 Å². The summed E-state index contributed by atoms with van der Waals surface area (Å²) in [6, 6.07) is 17.2. The van der Waals surface area contributed by atoms with Crippen molar-refractivity contribution in [3.05, 3.63) is 73.1 Å². The zero-order chi connectivity index (χ0) is 24.6. The highest BCUT2D eigenvalue weighted by Crippen LogP contribution is 2.35. The highest BCUT2D eigenvalue weighted by molar-refractivity contribution is 5.87. The minimum atomic E-state index is -0.0569. The molecule has 0 saturated carbocycles. The van der Waals surface area contributed by atoms with Crippen molar-refractivity contribution >= 4 is 11.7 Å². The summed E-state index contributed by atoms with van der Waals surface area (Å²) in [6.07, 6.45) is 6.33. The lowest BCUT2D eigenvalue weighted by Gasteiger charge is -2.31. The number of piperidine rings is 1. The van der Waals surface area contributed by atoms with Gasteiger partial charge < -0.3 is 25.0 Å². The number of carbonyl (C=O) groups is 1. The molecule has 0 unspecified atom stereocenters. The van der Waals surface area contributed by atoms with Crippen molar-refractivity contribution in [2.24, 2.45) is 0 Å². The largest absolute Gasteiger partial charge is 0.474 e. The van der Waals surface area contributed by atoms with Crippen LogP contribution >= 0.6 is 0 Å². The number of carbonyl (C=O) groups excluding carboxylic acids is 1. The monoisotopic (exact) mass is 473 g/mol. The van der Waals surface area contributed by atoms with Crippen molar-refractivity contribution in [3.63, 3.8) is 0 Å². The maximum atomic E-state index is 12.4. The van der Waals surface area contributed by atoms with Gasteiger partial charge in [0.25, 0.3) is 0 Å². The smallest absolute Gasteiger partial charge is 0.246 e. The molecule has 2 heterocycles. The number of hydrogen-bond acceptors (Lipinski definition) is 7. The standard InChI is InChI=1S/C27H31N5O3/c1-31(2)16-6-9-24(33)32-17-14-23(15-18-32)35-27-25(26(28)29-19-30-27)20-10-12-22(13-11-20)34-21-7-4-3-5-8-21/h3-13,19,23H,14-18H2,1-2H3,(H2,28,29,30)/b9-6+. The Morgan fingerprint density at radius 2 is 1.74 bits per heavy atom. The van der Waals surface area contributed by atoms with Crippen molar-refractivity contribution in [3.8, 4) is 28.5 Å². The van der Waals surface area contributed by atoms with Gasteiger partial charge in [0.15, 0.2) is 0 Å². The van der Waals surface area contributed by atoms with E-state index in [9.17, 15) is 4.79 Å². The van der Waals surface area contributed by atoms with Crippen LogP contribution in [0.1, 0.15) is 12.8 Å². The zero-order valence-corrected chi connectivity index (χ0v) is 20.1. The zero-order valence-electron chi connectivity index (χ0n) is 20.1. The molecule has 0 radical (unpaired) electrons. The van der Waals surface area contributed by atoms with Crippen molar-refractivity contribution in [1.29, 1.82) is 0 Å². The van der Waals surface area contributed by atoms with E-state index in [2.05, 4.69) is 9.97 Å². The van der Waals surface area contributed by atoms with Gasteiger partial charge in [-0.1, -0.05) is 36.4 Å². The molecule has 1 fully saturated rings. The molecule has 2 aromatic carbocycles. The van der Waals surface area contributed by atoms with Gasteiger partial charge in [-0.25, -0.2) is 9.97 Å². The van der Waals surface area contributed by atoms with E-state index in [0.717, 1.165) is 36.4 Å². The average molecular weight is 474 g/mol. The normalized spacial score (nSPS) is 14.4. The SMILES string of the molecule is CN(C)C/C=C/C(=O)N1CCC(Oc2ncnc(N)c2-c2ccc(Oc3ccccc3)cc2)CC1. The van der Waals surface area contributed by atoms with Crippen LogP contribution in [0.3, 0.4) is 0 Å². The number of aromatic nitrogens is 2. The van der Waals surface area contributed by atoms with E-state index in [4.69, 9.17) is 15.2 Å². The number of ether oxygens (including phenoxy) is 2. The van der Waals surface area contributed by atoms with E-state index >= 15 is 0 Å². The Kier molecular flexibility index (Phi) is 7.95. The summed E-state index contributed by atoms with van der Waals surface area (Å²) in [7, 11) is 3.94. The summed E-state index contributed by atoms with van der Waals surface area (Å²) in [6.45, 7) is 2.01. The molecule has 0 aliphatic carbocycles. The highest BCUT2D eigenvalue weighted by Gasteiger charge is 2.25. The van der Waals surface area contributed by atoms with Crippen LogP contribution in [-0.2, 0) is 4.79 Å². The average Bonchev–Trinajstić information content (AvgIpc) is 2.86. The predicted molar refractivity (Wildman–Crippen MR) is 136 cm³/mol. The number of hydrogen-bond donors (Lipinski definition) is 1. The van der Waals surface area contributed by atoms with Crippen LogP contribution < -0.4 is 15.2 Å². The molecule has 2 N–H and O–H groups in total. The summed E-state index contributed by atoms with van der Waals surface area (Å²) in [5.74, 6) is 2.32. The molecule has 4 rings (SSSR count). The number of rotatable bonds is 8. The van der Waals surface area contributed by atoms with Gasteiger partial charge in [0.2, 0.25) is 11.8 Å². The second kappa shape index (κ2) is 11.5. The Hall–Kier alpha value is -3.91. The third kappa shape index (κ3) is 6.58. The summed E-state index contributed by atoms with van der Waals surface area (Å²) in [5, 5.41) is 0. The van der Waals surface area contributed by atoms with Gasteiger partial charge >= 0.3 is 0 Å². The van der Waals surface area contributed by atoms with Crippen LogP contribution in [0.4, 0.5) is 5.82 Å². The highest BCUT2D eigenvalue weighted by atomic mass is 16.5. The molecule has 0 atom stereocenters. The topological polar surface area (TPSA) is 93.8 Å².